The van der Waals surface area contributed by atoms with E-state index in [9.17, 15) is 14.7 Å². The SMILES string of the molecule is COC(=O)[C@H](C/C=C/c1ccccc1)NC(=O)[C@@H](O)c1ccccc1. The number of aliphatic hydroxyl groups is 1. The topological polar surface area (TPSA) is 75.6 Å². The van der Waals surface area contributed by atoms with Crippen molar-refractivity contribution in [1.29, 1.82) is 0 Å². The van der Waals surface area contributed by atoms with Crippen molar-refractivity contribution in [3.05, 3.63) is 77.9 Å². The summed E-state index contributed by atoms with van der Waals surface area (Å²) in [6.07, 6.45) is 2.56. The van der Waals surface area contributed by atoms with Crippen LogP contribution in [-0.2, 0) is 14.3 Å². The van der Waals surface area contributed by atoms with Crippen molar-refractivity contribution in [2.24, 2.45) is 0 Å². The molecule has 2 atom stereocenters. The molecule has 5 heteroatoms. The van der Waals surface area contributed by atoms with Crippen LogP contribution in [0.1, 0.15) is 23.7 Å². The quantitative estimate of drug-likeness (QED) is 0.760. The average molecular weight is 339 g/mol. The van der Waals surface area contributed by atoms with Gasteiger partial charge in [0.15, 0.2) is 6.10 Å². The summed E-state index contributed by atoms with van der Waals surface area (Å²) in [6.45, 7) is 0. The van der Waals surface area contributed by atoms with Gasteiger partial charge in [-0.15, -0.1) is 0 Å². The van der Waals surface area contributed by atoms with Crippen molar-refractivity contribution < 1.29 is 19.4 Å². The molecule has 0 unspecified atom stereocenters. The van der Waals surface area contributed by atoms with Gasteiger partial charge in [0, 0.05) is 0 Å². The van der Waals surface area contributed by atoms with Crippen LogP contribution >= 0.6 is 0 Å². The zero-order chi connectivity index (χ0) is 18.1. The van der Waals surface area contributed by atoms with E-state index >= 15 is 0 Å². The standard InChI is InChI=1S/C20H21NO4/c1-25-20(24)17(14-8-11-15-9-4-2-5-10-15)21-19(23)18(22)16-12-6-3-7-13-16/h2-13,17-18,22H,14H2,1H3,(H,21,23)/b11-8+/t17-,18-/m0/s1. The van der Waals surface area contributed by atoms with Crippen LogP contribution in [0, 0.1) is 0 Å². The summed E-state index contributed by atoms with van der Waals surface area (Å²) in [5.74, 6) is -1.21. The third-order valence-electron chi connectivity index (χ3n) is 3.65. The van der Waals surface area contributed by atoms with Gasteiger partial charge in [-0.25, -0.2) is 4.79 Å². The van der Waals surface area contributed by atoms with E-state index in [1.807, 2.05) is 36.4 Å². The van der Waals surface area contributed by atoms with Gasteiger partial charge in [-0.2, -0.15) is 0 Å². The minimum Gasteiger partial charge on any atom is -0.467 e. The van der Waals surface area contributed by atoms with Gasteiger partial charge in [0.05, 0.1) is 7.11 Å². The zero-order valence-corrected chi connectivity index (χ0v) is 14.0. The molecule has 0 aliphatic heterocycles. The first-order valence-corrected chi connectivity index (χ1v) is 7.94. The molecule has 0 bridgehead atoms. The summed E-state index contributed by atoms with van der Waals surface area (Å²) in [7, 11) is 1.26. The van der Waals surface area contributed by atoms with Gasteiger partial charge in [0.25, 0.3) is 5.91 Å². The molecule has 2 aromatic rings. The van der Waals surface area contributed by atoms with Gasteiger partial charge in [-0.1, -0.05) is 72.8 Å². The minimum absolute atomic E-state index is 0.259. The molecule has 2 aromatic carbocycles. The maximum absolute atomic E-state index is 12.2. The third kappa shape index (κ3) is 5.58. The summed E-state index contributed by atoms with van der Waals surface area (Å²) in [4.78, 5) is 24.1. The number of amides is 1. The Balaban J connectivity index is 2.01. The van der Waals surface area contributed by atoms with Crippen LogP contribution in [0.2, 0.25) is 0 Å². The molecule has 2 N–H and O–H groups in total. The molecule has 0 saturated heterocycles. The fourth-order valence-corrected chi connectivity index (χ4v) is 2.30. The van der Waals surface area contributed by atoms with Gasteiger partial charge >= 0.3 is 5.97 Å². The second-order valence-electron chi connectivity index (χ2n) is 5.45. The van der Waals surface area contributed by atoms with Crippen molar-refractivity contribution in [3.63, 3.8) is 0 Å². The number of carbonyl (C=O) groups is 2. The number of rotatable bonds is 7. The number of hydrogen-bond acceptors (Lipinski definition) is 4. The molecule has 1 amide bonds. The highest BCUT2D eigenvalue weighted by molar-refractivity contribution is 5.87. The van der Waals surface area contributed by atoms with Gasteiger partial charge in [-0.3, -0.25) is 4.79 Å². The normalized spacial score (nSPS) is 13.2. The highest BCUT2D eigenvalue weighted by Gasteiger charge is 2.24. The lowest BCUT2D eigenvalue weighted by Gasteiger charge is -2.17. The molecule has 0 spiro atoms. The molecule has 0 heterocycles. The third-order valence-corrected chi connectivity index (χ3v) is 3.65. The highest BCUT2D eigenvalue weighted by Crippen LogP contribution is 2.13. The molecule has 0 saturated carbocycles. The molecule has 0 aliphatic rings. The number of aliphatic hydroxyl groups excluding tert-OH is 1. The van der Waals surface area contributed by atoms with E-state index in [2.05, 4.69) is 5.32 Å². The van der Waals surface area contributed by atoms with Crippen LogP contribution in [0.3, 0.4) is 0 Å². The van der Waals surface area contributed by atoms with Gasteiger partial charge < -0.3 is 15.2 Å². The molecular formula is C20H21NO4. The first kappa shape index (κ1) is 18.4. The number of methoxy groups -OCH3 is 1. The van der Waals surface area contributed by atoms with Crippen molar-refractivity contribution in [2.45, 2.75) is 18.6 Å². The Labute approximate surface area is 146 Å². The van der Waals surface area contributed by atoms with Crippen molar-refractivity contribution in [2.75, 3.05) is 7.11 Å². The van der Waals surface area contributed by atoms with Gasteiger partial charge in [0.1, 0.15) is 6.04 Å². The lowest BCUT2D eigenvalue weighted by molar-refractivity contribution is -0.146. The van der Waals surface area contributed by atoms with Crippen LogP contribution in [0.5, 0.6) is 0 Å². The van der Waals surface area contributed by atoms with E-state index in [-0.39, 0.29) is 6.42 Å². The number of esters is 1. The minimum atomic E-state index is -1.34. The van der Waals surface area contributed by atoms with Crippen molar-refractivity contribution in [1.82, 2.24) is 5.32 Å². The fourth-order valence-electron chi connectivity index (χ4n) is 2.30. The summed E-state index contributed by atoms with van der Waals surface area (Å²) in [5.41, 5.74) is 1.45. The molecule has 5 nitrogen and oxygen atoms in total. The Morgan fingerprint density at radius 2 is 1.68 bits per heavy atom. The molecule has 0 fully saturated rings. The van der Waals surface area contributed by atoms with Crippen LogP contribution in [0.4, 0.5) is 0 Å². The predicted octanol–water partition coefficient (Wildman–Crippen LogP) is 2.48. The molecule has 130 valence electrons. The first-order valence-electron chi connectivity index (χ1n) is 7.94. The Hall–Kier alpha value is -2.92. The fraction of sp³-hybridized carbons (Fsp3) is 0.200. The molecular weight excluding hydrogens is 318 g/mol. The number of carbonyl (C=O) groups excluding carboxylic acids is 2. The maximum Gasteiger partial charge on any atom is 0.328 e. The Kier molecular flexibility index (Phi) is 6.92. The lowest BCUT2D eigenvalue weighted by Crippen LogP contribution is -2.43. The molecule has 0 radical (unpaired) electrons. The number of ether oxygens (including phenoxy) is 1. The molecule has 0 aliphatic carbocycles. The van der Waals surface area contributed by atoms with E-state index in [1.54, 1.807) is 36.4 Å². The Bertz CT molecular complexity index is 713. The van der Waals surface area contributed by atoms with E-state index in [0.29, 0.717) is 5.56 Å². The number of hydrogen-bond donors (Lipinski definition) is 2. The van der Waals surface area contributed by atoms with Gasteiger partial charge in [0.2, 0.25) is 0 Å². The van der Waals surface area contributed by atoms with E-state index < -0.39 is 24.0 Å². The first-order chi connectivity index (χ1) is 12.1. The summed E-state index contributed by atoms with van der Waals surface area (Å²) < 4.78 is 4.73. The molecule has 0 aromatic heterocycles. The lowest BCUT2D eigenvalue weighted by atomic mass is 10.1. The number of nitrogens with one attached hydrogen (secondary N) is 1. The van der Waals surface area contributed by atoms with Crippen LogP contribution < -0.4 is 5.32 Å². The Morgan fingerprint density at radius 3 is 2.28 bits per heavy atom. The number of benzene rings is 2. The van der Waals surface area contributed by atoms with Crippen LogP contribution in [0.25, 0.3) is 6.08 Å². The zero-order valence-electron chi connectivity index (χ0n) is 14.0. The second kappa shape index (κ2) is 9.39. The second-order valence-corrected chi connectivity index (χ2v) is 5.45. The van der Waals surface area contributed by atoms with Crippen LogP contribution in [0.15, 0.2) is 66.7 Å². The monoisotopic (exact) mass is 339 g/mol. The van der Waals surface area contributed by atoms with Crippen molar-refractivity contribution >= 4 is 18.0 Å². The summed E-state index contributed by atoms with van der Waals surface area (Å²) in [6, 6.07) is 17.3. The summed E-state index contributed by atoms with van der Waals surface area (Å²) >= 11 is 0. The Morgan fingerprint density at radius 1 is 1.08 bits per heavy atom. The smallest absolute Gasteiger partial charge is 0.328 e. The largest absolute Gasteiger partial charge is 0.467 e. The highest BCUT2D eigenvalue weighted by atomic mass is 16.5. The molecule has 2 rings (SSSR count). The van der Waals surface area contributed by atoms with Crippen molar-refractivity contribution in [3.8, 4) is 0 Å². The van der Waals surface area contributed by atoms with Gasteiger partial charge in [-0.05, 0) is 17.5 Å². The van der Waals surface area contributed by atoms with E-state index in [0.717, 1.165) is 5.56 Å². The van der Waals surface area contributed by atoms with E-state index in [4.69, 9.17) is 4.74 Å². The van der Waals surface area contributed by atoms with Crippen LogP contribution in [-0.4, -0.2) is 30.1 Å². The van der Waals surface area contributed by atoms with E-state index in [1.165, 1.54) is 7.11 Å². The maximum atomic E-state index is 12.2. The summed E-state index contributed by atoms with van der Waals surface area (Å²) in [5, 5.41) is 12.7. The molecule has 25 heavy (non-hydrogen) atoms. The average Bonchev–Trinajstić information content (AvgIpc) is 2.67. The predicted molar refractivity (Wildman–Crippen MR) is 95.4 cm³/mol.